The van der Waals surface area contributed by atoms with Crippen molar-refractivity contribution in [2.45, 2.75) is 40.2 Å². The summed E-state index contributed by atoms with van der Waals surface area (Å²) < 4.78 is 33.1. The molecule has 0 fully saturated rings. The summed E-state index contributed by atoms with van der Waals surface area (Å²) in [5.74, 6) is -0.207. The molecule has 2 amide bonds. The Hall–Kier alpha value is -3.44. The van der Waals surface area contributed by atoms with E-state index >= 15 is 0 Å². The smallest absolute Gasteiger partial charge is 0.413 e. The number of benzene rings is 1. The number of hydrogen-bond donors (Lipinski definition) is 1. The molecule has 3 aromatic rings. The summed E-state index contributed by atoms with van der Waals surface area (Å²) in [6, 6.07) is 8.22. The highest BCUT2D eigenvalue weighted by Gasteiger charge is 2.19. The van der Waals surface area contributed by atoms with Gasteiger partial charge in [-0.3, -0.25) is 9.69 Å². The number of halogens is 1. The van der Waals surface area contributed by atoms with Crippen molar-refractivity contribution in [2.24, 2.45) is 0 Å². The molecular formula is C24H28ClN5O5S. The predicted molar refractivity (Wildman–Crippen MR) is 139 cm³/mol. The average molecular weight is 534 g/mol. The summed E-state index contributed by atoms with van der Waals surface area (Å²) in [5, 5.41) is 1.40. The first-order valence-electron chi connectivity index (χ1n) is 11.3. The van der Waals surface area contributed by atoms with Crippen LogP contribution in [-0.2, 0) is 21.3 Å². The Balaban J connectivity index is 1.87. The first kappa shape index (κ1) is 27.2. The lowest BCUT2D eigenvalue weighted by molar-refractivity contribution is 0.0977. The maximum absolute atomic E-state index is 12.6. The van der Waals surface area contributed by atoms with Gasteiger partial charge in [0.2, 0.25) is 0 Å². The van der Waals surface area contributed by atoms with Gasteiger partial charge in [-0.25, -0.2) is 27.9 Å². The number of anilines is 1. The number of sulfonamides is 1. The number of rotatable bonds is 9. The molecular weight excluding hydrogens is 506 g/mol. The highest BCUT2D eigenvalue weighted by Crippen LogP contribution is 2.26. The molecule has 0 radical (unpaired) electrons. The first-order valence-corrected chi connectivity index (χ1v) is 13.2. The van der Waals surface area contributed by atoms with Crippen LogP contribution in [-0.4, -0.2) is 48.6 Å². The van der Waals surface area contributed by atoms with Crippen molar-refractivity contribution in [3.63, 3.8) is 0 Å². The average Bonchev–Trinajstić information content (AvgIpc) is 3.13. The van der Waals surface area contributed by atoms with Crippen LogP contribution in [0.25, 0.3) is 11.2 Å². The third-order valence-corrected chi connectivity index (χ3v) is 6.65. The Morgan fingerprint density at radius 2 is 1.94 bits per heavy atom. The molecule has 0 spiro atoms. The number of unbranched alkanes of at least 4 members (excludes halogenated alkanes) is 1. The number of hydrogen-bond acceptors (Lipinski definition) is 7. The molecule has 36 heavy (non-hydrogen) atoms. The Morgan fingerprint density at radius 1 is 1.19 bits per heavy atom. The molecule has 1 aromatic carbocycles. The quantitative estimate of drug-likeness (QED) is 0.432. The number of fused-ring (bicyclic) bond motifs is 1. The number of nitrogens with one attached hydrogen (secondary N) is 1. The third kappa shape index (κ3) is 6.41. The van der Waals surface area contributed by atoms with Crippen LogP contribution in [0.4, 0.5) is 10.5 Å². The molecule has 1 N–H and O–H groups in total. The number of ether oxygens (including phenoxy) is 1. The number of carbonyl (C=O) groups excluding carboxylic acids is 2. The van der Waals surface area contributed by atoms with E-state index in [9.17, 15) is 18.0 Å². The molecule has 0 unspecified atom stereocenters. The number of pyridine rings is 1. The second-order valence-electron chi connectivity index (χ2n) is 7.95. The summed E-state index contributed by atoms with van der Waals surface area (Å²) in [4.78, 5) is 34.8. The van der Waals surface area contributed by atoms with Crippen molar-refractivity contribution in [2.75, 3.05) is 18.6 Å². The standard InChI is InChI=1S/C24H28ClN5O5S/c1-5-7-8-13-36(33,34)28-23(31)21-12-11-20-22(27-21)30(16(3)26-20)15-17-9-10-18(14-19(17)25)29(4)24(32)35-6-2/h8-14H,5-7,15H2,1-4H3,(H,28,31). The Morgan fingerprint density at radius 3 is 2.61 bits per heavy atom. The first-order chi connectivity index (χ1) is 17.1. The molecule has 0 atom stereocenters. The minimum Gasteiger partial charge on any atom is -0.449 e. The maximum atomic E-state index is 12.6. The second-order valence-corrected chi connectivity index (χ2v) is 9.93. The molecule has 10 nitrogen and oxygen atoms in total. The summed E-state index contributed by atoms with van der Waals surface area (Å²) in [7, 11) is -2.34. The Bertz CT molecular complexity index is 1420. The topological polar surface area (TPSA) is 123 Å². The van der Waals surface area contributed by atoms with Gasteiger partial charge in [-0.15, -0.1) is 0 Å². The van der Waals surface area contributed by atoms with E-state index < -0.39 is 22.0 Å². The monoisotopic (exact) mass is 533 g/mol. The molecule has 12 heteroatoms. The number of nitrogens with zero attached hydrogens (tertiary/aromatic N) is 4. The molecule has 192 valence electrons. The van der Waals surface area contributed by atoms with Crippen molar-refractivity contribution in [3.05, 3.63) is 63.9 Å². The van der Waals surface area contributed by atoms with Gasteiger partial charge in [0.05, 0.1) is 13.2 Å². The van der Waals surface area contributed by atoms with Crippen LogP contribution < -0.4 is 9.62 Å². The molecule has 2 heterocycles. The molecule has 2 aromatic heterocycles. The van der Waals surface area contributed by atoms with E-state index in [-0.39, 0.29) is 12.3 Å². The van der Waals surface area contributed by atoms with E-state index in [1.807, 2.05) is 11.6 Å². The molecule has 0 aliphatic heterocycles. The van der Waals surface area contributed by atoms with Gasteiger partial charge in [0.25, 0.3) is 15.9 Å². The number of carbonyl (C=O) groups is 2. The van der Waals surface area contributed by atoms with E-state index in [1.54, 1.807) is 49.7 Å². The molecule has 0 aliphatic carbocycles. The second kappa shape index (κ2) is 11.5. The van der Waals surface area contributed by atoms with Gasteiger partial charge in [-0.2, -0.15) is 0 Å². The van der Waals surface area contributed by atoms with Crippen LogP contribution in [0, 0.1) is 6.92 Å². The summed E-state index contributed by atoms with van der Waals surface area (Å²) in [6.45, 7) is 5.99. The van der Waals surface area contributed by atoms with Crippen molar-refractivity contribution in [3.8, 4) is 0 Å². The largest absolute Gasteiger partial charge is 0.449 e. The van der Waals surface area contributed by atoms with Gasteiger partial charge in [0.1, 0.15) is 17.0 Å². The van der Waals surface area contributed by atoms with E-state index in [4.69, 9.17) is 16.3 Å². The zero-order valence-corrected chi connectivity index (χ0v) is 22.1. The third-order valence-electron chi connectivity index (χ3n) is 5.28. The number of imidazole rings is 1. The van der Waals surface area contributed by atoms with E-state index in [0.717, 1.165) is 17.4 Å². The van der Waals surface area contributed by atoms with Crippen LogP contribution in [0.2, 0.25) is 5.02 Å². The lowest BCUT2D eigenvalue weighted by atomic mass is 10.2. The molecule has 0 bridgehead atoms. The minimum atomic E-state index is -3.93. The zero-order valence-electron chi connectivity index (χ0n) is 20.5. The maximum Gasteiger partial charge on any atom is 0.413 e. The van der Waals surface area contributed by atoms with E-state index in [2.05, 4.69) is 9.97 Å². The van der Waals surface area contributed by atoms with Crippen LogP contribution >= 0.6 is 11.6 Å². The molecule has 0 saturated heterocycles. The Labute approximate surface area is 215 Å². The van der Waals surface area contributed by atoms with Crippen molar-refractivity contribution < 1.29 is 22.7 Å². The van der Waals surface area contributed by atoms with Gasteiger partial charge in [-0.1, -0.05) is 37.1 Å². The van der Waals surface area contributed by atoms with Crippen LogP contribution in [0.3, 0.4) is 0 Å². The zero-order chi connectivity index (χ0) is 26.5. The number of aryl methyl sites for hydroxylation is 1. The molecule has 0 aliphatic rings. The summed E-state index contributed by atoms with van der Waals surface area (Å²) in [6.07, 6.45) is 2.37. The van der Waals surface area contributed by atoms with Gasteiger partial charge >= 0.3 is 6.09 Å². The predicted octanol–water partition coefficient (Wildman–Crippen LogP) is 4.41. The fraction of sp³-hybridized carbons (Fsp3) is 0.333. The van der Waals surface area contributed by atoms with Crippen molar-refractivity contribution in [1.82, 2.24) is 19.3 Å². The van der Waals surface area contributed by atoms with Crippen molar-refractivity contribution in [1.29, 1.82) is 0 Å². The number of aromatic nitrogens is 3. The SMILES string of the molecule is CCCC=CS(=O)(=O)NC(=O)c1ccc2nc(C)n(Cc3ccc(N(C)C(=O)OCC)cc3Cl)c2n1. The number of amides is 2. The lowest BCUT2D eigenvalue weighted by Gasteiger charge is -2.18. The van der Waals surface area contributed by atoms with Crippen molar-refractivity contribution >= 4 is 50.5 Å². The summed E-state index contributed by atoms with van der Waals surface area (Å²) in [5.41, 5.74) is 2.20. The van der Waals surface area contributed by atoms with Gasteiger partial charge in [0, 0.05) is 23.2 Å². The molecule has 3 rings (SSSR count). The fourth-order valence-electron chi connectivity index (χ4n) is 3.38. The van der Waals surface area contributed by atoms with Crippen LogP contribution in [0.5, 0.6) is 0 Å². The highest BCUT2D eigenvalue weighted by molar-refractivity contribution is 7.92. The summed E-state index contributed by atoms with van der Waals surface area (Å²) >= 11 is 6.51. The van der Waals surface area contributed by atoms with E-state index in [0.29, 0.717) is 40.7 Å². The highest BCUT2D eigenvalue weighted by atomic mass is 35.5. The van der Waals surface area contributed by atoms with Gasteiger partial charge in [0.15, 0.2) is 5.65 Å². The van der Waals surface area contributed by atoms with Gasteiger partial charge in [-0.05, 0) is 50.1 Å². The molecule has 0 saturated carbocycles. The Kier molecular flexibility index (Phi) is 8.70. The van der Waals surface area contributed by atoms with Crippen LogP contribution in [0.15, 0.2) is 41.8 Å². The fourth-order valence-corrected chi connectivity index (χ4v) is 4.43. The van der Waals surface area contributed by atoms with Crippen LogP contribution in [0.1, 0.15) is 48.6 Å². The number of allylic oxidation sites excluding steroid dienone is 1. The minimum absolute atomic E-state index is 0.0615. The van der Waals surface area contributed by atoms with Gasteiger partial charge < -0.3 is 9.30 Å². The van der Waals surface area contributed by atoms with E-state index in [1.165, 1.54) is 17.0 Å². The normalized spacial score (nSPS) is 11.7. The lowest BCUT2D eigenvalue weighted by Crippen LogP contribution is -2.29.